The number of halogens is 1. The maximum absolute atomic E-state index is 12.0. The largest absolute Gasteiger partial charge is 0.508 e. The van der Waals surface area contributed by atoms with Crippen LogP contribution in [0.1, 0.15) is 15.9 Å². The lowest BCUT2D eigenvalue weighted by atomic mass is 10.0. The fourth-order valence-corrected chi connectivity index (χ4v) is 1.78. The Labute approximate surface area is 110 Å². The molecule has 2 rings (SSSR count). The predicted octanol–water partition coefficient (Wildman–Crippen LogP) is 3.05. The number of nitrogen functional groups attached to an aromatic ring is 1. The summed E-state index contributed by atoms with van der Waals surface area (Å²) in [5.74, 6) is 0.143. The Morgan fingerprint density at radius 3 is 2.44 bits per heavy atom. The van der Waals surface area contributed by atoms with Gasteiger partial charge in [0.2, 0.25) is 0 Å². The van der Waals surface area contributed by atoms with Crippen molar-refractivity contribution in [2.24, 2.45) is 0 Å². The quantitative estimate of drug-likeness (QED) is 0.659. The molecular formula is C14H12ClNO2. The van der Waals surface area contributed by atoms with E-state index in [9.17, 15) is 4.79 Å². The highest BCUT2D eigenvalue weighted by Gasteiger charge is 2.08. The fraction of sp³-hybridized carbons (Fsp3) is 0.0714. The number of carbonyl (C=O) groups is 1. The van der Waals surface area contributed by atoms with E-state index in [0.717, 1.165) is 5.56 Å². The van der Waals surface area contributed by atoms with Crippen molar-refractivity contribution in [3.63, 3.8) is 0 Å². The number of phenols is 1. The standard InChI is InChI=1S/C14H12ClNO2/c15-12-8-10(3-6-13(12)16)14(18)7-9-1-4-11(17)5-2-9/h1-6,8,17H,7,16H2. The van der Waals surface area contributed by atoms with Crippen molar-refractivity contribution in [1.29, 1.82) is 0 Å². The maximum atomic E-state index is 12.0. The molecule has 0 saturated heterocycles. The summed E-state index contributed by atoms with van der Waals surface area (Å²) in [5.41, 5.74) is 7.41. The van der Waals surface area contributed by atoms with Gasteiger partial charge in [0.15, 0.2) is 5.78 Å². The minimum atomic E-state index is -0.0393. The number of carbonyl (C=O) groups excluding carboxylic acids is 1. The lowest BCUT2D eigenvalue weighted by molar-refractivity contribution is 0.0993. The van der Waals surface area contributed by atoms with Crippen molar-refractivity contribution in [1.82, 2.24) is 0 Å². The molecule has 0 aliphatic heterocycles. The van der Waals surface area contributed by atoms with Crippen molar-refractivity contribution in [2.45, 2.75) is 6.42 Å². The zero-order valence-corrected chi connectivity index (χ0v) is 10.3. The summed E-state index contributed by atoms with van der Waals surface area (Å²) in [6.45, 7) is 0. The Bertz CT molecular complexity index is 579. The maximum Gasteiger partial charge on any atom is 0.167 e. The van der Waals surface area contributed by atoms with Gasteiger partial charge in [-0.05, 0) is 35.9 Å². The number of hydrogen-bond donors (Lipinski definition) is 2. The van der Waals surface area contributed by atoms with Crippen molar-refractivity contribution in [3.05, 3.63) is 58.6 Å². The van der Waals surface area contributed by atoms with Gasteiger partial charge in [0.05, 0.1) is 10.7 Å². The van der Waals surface area contributed by atoms with Crippen LogP contribution >= 0.6 is 11.6 Å². The van der Waals surface area contributed by atoms with E-state index in [2.05, 4.69) is 0 Å². The van der Waals surface area contributed by atoms with Crippen LogP contribution in [0.2, 0.25) is 5.02 Å². The van der Waals surface area contributed by atoms with Gasteiger partial charge in [-0.15, -0.1) is 0 Å². The SMILES string of the molecule is Nc1ccc(C(=O)Cc2ccc(O)cc2)cc1Cl. The molecule has 0 atom stereocenters. The van der Waals surface area contributed by atoms with Crippen LogP contribution in [0.25, 0.3) is 0 Å². The van der Waals surface area contributed by atoms with Gasteiger partial charge in [-0.3, -0.25) is 4.79 Å². The normalized spacial score (nSPS) is 10.3. The number of benzene rings is 2. The summed E-state index contributed by atoms with van der Waals surface area (Å²) in [4.78, 5) is 12.0. The van der Waals surface area contributed by atoms with Gasteiger partial charge >= 0.3 is 0 Å². The molecule has 2 aromatic carbocycles. The van der Waals surface area contributed by atoms with Crippen LogP contribution in [-0.4, -0.2) is 10.9 Å². The Balaban J connectivity index is 2.16. The topological polar surface area (TPSA) is 63.3 Å². The van der Waals surface area contributed by atoms with Crippen LogP contribution in [-0.2, 0) is 6.42 Å². The van der Waals surface area contributed by atoms with Gasteiger partial charge < -0.3 is 10.8 Å². The van der Waals surface area contributed by atoms with Crippen LogP contribution in [0.3, 0.4) is 0 Å². The van der Waals surface area contributed by atoms with Gasteiger partial charge in [0.1, 0.15) is 5.75 Å². The average Bonchev–Trinajstić information content (AvgIpc) is 2.35. The van der Waals surface area contributed by atoms with E-state index in [1.807, 2.05) is 0 Å². The number of Topliss-reactive ketones (excluding diaryl/α,β-unsaturated/α-hetero) is 1. The lowest BCUT2D eigenvalue weighted by Crippen LogP contribution is -2.03. The molecule has 4 heteroatoms. The average molecular weight is 262 g/mol. The third-order valence-electron chi connectivity index (χ3n) is 2.62. The van der Waals surface area contributed by atoms with Crippen LogP contribution in [0.4, 0.5) is 5.69 Å². The molecule has 0 aliphatic rings. The summed E-state index contributed by atoms with van der Waals surface area (Å²) < 4.78 is 0. The first-order valence-corrected chi connectivity index (χ1v) is 5.80. The molecule has 0 aromatic heterocycles. The fourth-order valence-electron chi connectivity index (χ4n) is 1.60. The van der Waals surface area contributed by atoms with E-state index >= 15 is 0 Å². The molecule has 0 bridgehead atoms. The highest BCUT2D eigenvalue weighted by molar-refractivity contribution is 6.33. The summed E-state index contributed by atoms with van der Waals surface area (Å²) in [7, 11) is 0. The summed E-state index contributed by atoms with van der Waals surface area (Å²) in [5, 5.41) is 9.54. The van der Waals surface area contributed by atoms with Crippen molar-refractivity contribution < 1.29 is 9.90 Å². The zero-order valence-electron chi connectivity index (χ0n) is 9.56. The van der Waals surface area contributed by atoms with Gasteiger partial charge in [-0.2, -0.15) is 0 Å². The third kappa shape index (κ3) is 2.81. The predicted molar refractivity (Wildman–Crippen MR) is 72.0 cm³/mol. The second-order valence-corrected chi connectivity index (χ2v) is 4.41. The molecule has 0 spiro atoms. The van der Waals surface area contributed by atoms with E-state index in [0.29, 0.717) is 16.3 Å². The molecule has 3 N–H and O–H groups in total. The van der Waals surface area contributed by atoms with Crippen molar-refractivity contribution in [2.75, 3.05) is 5.73 Å². The van der Waals surface area contributed by atoms with E-state index in [1.54, 1.807) is 42.5 Å². The van der Waals surface area contributed by atoms with Gasteiger partial charge in [-0.25, -0.2) is 0 Å². The molecule has 3 nitrogen and oxygen atoms in total. The first-order chi connectivity index (χ1) is 8.56. The van der Waals surface area contributed by atoms with Crippen LogP contribution in [0.15, 0.2) is 42.5 Å². The van der Waals surface area contributed by atoms with Gasteiger partial charge in [0.25, 0.3) is 0 Å². The number of aromatic hydroxyl groups is 1. The van der Waals surface area contributed by atoms with Crippen LogP contribution < -0.4 is 5.73 Å². The highest BCUT2D eigenvalue weighted by atomic mass is 35.5. The number of ketones is 1. The molecule has 0 aliphatic carbocycles. The Morgan fingerprint density at radius 2 is 1.83 bits per heavy atom. The van der Waals surface area contributed by atoms with Crippen LogP contribution in [0.5, 0.6) is 5.75 Å². The van der Waals surface area contributed by atoms with E-state index < -0.39 is 0 Å². The second kappa shape index (κ2) is 5.10. The van der Waals surface area contributed by atoms with Crippen molar-refractivity contribution >= 4 is 23.1 Å². The molecule has 18 heavy (non-hydrogen) atoms. The molecule has 0 amide bonds. The molecule has 0 heterocycles. The summed E-state index contributed by atoms with van der Waals surface area (Å²) in [6, 6.07) is 11.4. The van der Waals surface area contributed by atoms with E-state index in [1.165, 1.54) is 0 Å². The molecule has 2 aromatic rings. The lowest BCUT2D eigenvalue weighted by Gasteiger charge is -2.04. The minimum absolute atomic E-state index is 0.0393. The molecule has 0 unspecified atom stereocenters. The minimum Gasteiger partial charge on any atom is -0.508 e. The summed E-state index contributed by atoms with van der Waals surface area (Å²) >= 11 is 5.87. The number of nitrogens with two attached hydrogens (primary N) is 1. The van der Waals surface area contributed by atoms with Crippen LogP contribution in [0, 0.1) is 0 Å². The molecule has 92 valence electrons. The molecule has 0 saturated carbocycles. The van der Waals surface area contributed by atoms with Crippen molar-refractivity contribution in [3.8, 4) is 5.75 Å². The van der Waals surface area contributed by atoms with Gasteiger partial charge in [-0.1, -0.05) is 23.7 Å². The third-order valence-corrected chi connectivity index (χ3v) is 2.95. The Hall–Kier alpha value is -2.00. The molecular weight excluding hydrogens is 250 g/mol. The summed E-state index contributed by atoms with van der Waals surface area (Å²) in [6.07, 6.45) is 0.264. The number of anilines is 1. The number of rotatable bonds is 3. The smallest absolute Gasteiger partial charge is 0.167 e. The number of hydrogen-bond acceptors (Lipinski definition) is 3. The number of phenolic OH excluding ortho intramolecular Hbond substituents is 1. The first kappa shape index (κ1) is 12.5. The zero-order chi connectivity index (χ0) is 13.1. The Morgan fingerprint density at radius 1 is 1.17 bits per heavy atom. The van der Waals surface area contributed by atoms with E-state index in [-0.39, 0.29) is 18.0 Å². The first-order valence-electron chi connectivity index (χ1n) is 5.42. The van der Waals surface area contributed by atoms with Gasteiger partial charge in [0, 0.05) is 12.0 Å². The molecule has 0 fully saturated rings. The second-order valence-electron chi connectivity index (χ2n) is 4.00. The van der Waals surface area contributed by atoms with E-state index in [4.69, 9.17) is 22.4 Å². The monoisotopic (exact) mass is 261 g/mol. The Kier molecular flexibility index (Phi) is 3.53. The highest BCUT2D eigenvalue weighted by Crippen LogP contribution is 2.21. The molecule has 0 radical (unpaired) electrons.